The standard InChI is InChI=1S/C6H12N2S/c1-9-8-3-5-2-6(4-8)7-5/h5-7H,2-4H2,1H3. The zero-order valence-corrected chi connectivity index (χ0v) is 6.45. The van der Waals surface area contributed by atoms with Crippen LogP contribution in [0.25, 0.3) is 0 Å². The van der Waals surface area contributed by atoms with Crippen LogP contribution in [0.3, 0.4) is 0 Å². The third-order valence-electron chi connectivity index (χ3n) is 2.15. The monoisotopic (exact) mass is 144 g/mol. The molecule has 3 heteroatoms. The number of hydrogen-bond donors (Lipinski definition) is 1. The number of piperazine rings is 1. The van der Waals surface area contributed by atoms with Gasteiger partial charge in [0.2, 0.25) is 0 Å². The summed E-state index contributed by atoms with van der Waals surface area (Å²) < 4.78 is 2.44. The van der Waals surface area contributed by atoms with Crippen LogP contribution in [0.1, 0.15) is 6.42 Å². The van der Waals surface area contributed by atoms with Crippen LogP contribution in [0.15, 0.2) is 0 Å². The Morgan fingerprint density at radius 2 is 2.00 bits per heavy atom. The summed E-state index contributed by atoms with van der Waals surface area (Å²) in [4.78, 5) is 0. The van der Waals surface area contributed by atoms with Crippen LogP contribution in [0, 0.1) is 0 Å². The summed E-state index contributed by atoms with van der Waals surface area (Å²) in [7, 11) is 0. The van der Waals surface area contributed by atoms with E-state index in [0.29, 0.717) is 0 Å². The third-order valence-corrected chi connectivity index (χ3v) is 2.96. The summed E-state index contributed by atoms with van der Waals surface area (Å²) in [5.41, 5.74) is 0. The Morgan fingerprint density at radius 1 is 1.44 bits per heavy atom. The molecular weight excluding hydrogens is 132 g/mol. The summed E-state index contributed by atoms with van der Waals surface area (Å²) in [6.07, 6.45) is 3.57. The quantitative estimate of drug-likeness (QED) is 0.533. The Bertz CT molecular complexity index is 102. The lowest BCUT2D eigenvalue weighted by Gasteiger charge is -2.47. The second-order valence-corrected chi connectivity index (χ2v) is 3.71. The summed E-state index contributed by atoms with van der Waals surface area (Å²) in [5.74, 6) is 0. The molecule has 2 atom stereocenters. The Hall–Kier alpha value is 0.270. The van der Waals surface area contributed by atoms with Crippen molar-refractivity contribution in [3.63, 3.8) is 0 Å². The first-order chi connectivity index (χ1) is 4.38. The van der Waals surface area contributed by atoms with E-state index in [4.69, 9.17) is 0 Å². The molecule has 1 N–H and O–H groups in total. The second kappa shape index (κ2) is 2.15. The highest BCUT2D eigenvalue weighted by atomic mass is 32.2. The molecule has 3 saturated heterocycles. The van der Waals surface area contributed by atoms with Gasteiger partial charge in [0.25, 0.3) is 0 Å². The Kier molecular flexibility index (Phi) is 1.43. The summed E-state index contributed by atoms with van der Waals surface area (Å²) in [6.45, 7) is 2.50. The van der Waals surface area contributed by atoms with E-state index >= 15 is 0 Å². The van der Waals surface area contributed by atoms with E-state index in [1.54, 1.807) is 0 Å². The third kappa shape index (κ3) is 0.974. The number of nitrogens with zero attached hydrogens (tertiary/aromatic N) is 1. The second-order valence-electron chi connectivity index (χ2n) is 2.83. The number of rotatable bonds is 1. The maximum atomic E-state index is 3.49. The number of piperidine rings is 1. The van der Waals surface area contributed by atoms with Gasteiger partial charge in [-0.1, -0.05) is 11.9 Å². The van der Waals surface area contributed by atoms with Gasteiger partial charge in [0.15, 0.2) is 0 Å². The zero-order chi connectivity index (χ0) is 6.27. The van der Waals surface area contributed by atoms with Crippen molar-refractivity contribution in [1.29, 1.82) is 0 Å². The van der Waals surface area contributed by atoms with E-state index in [9.17, 15) is 0 Å². The lowest BCUT2D eigenvalue weighted by Crippen LogP contribution is -2.65. The molecule has 0 saturated carbocycles. The molecule has 0 spiro atoms. The molecule has 9 heavy (non-hydrogen) atoms. The van der Waals surface area contributed by atoms with Gasteiger partial charge in [-0.05, 0) is 12.7 Å². The largest absolute Gasteiger partial charge is 0.308 e. The van der Waals surface area contributed by atoms with E-state index in [-0.39, 0.29) is 0 Å². The fourth-order valence-corrected chi connectivity index (χ4v) is 2.28. The molecule has 52 valence electrons. The van der Waals surface area contributed by atoms with Crippen LogP contribution in [-0.4, -0.2) is 35.7 Å². The minimum absolute atomic E-state index is 0.816. The van der Waals surface area contributed by atoms with E-state index in [1.807, 2.05) is 11.9 Å². The van der Waals surface area contributed by atoms with Crippen molar-refractivity contribution in [3.8, 4) is 0 Å². The highest BCUT2D eigenvalue weighted by molar-refractivity contribution is 7.96. The van der Waals surface area contributed by atoms with Crippen LogP contribution >= 0.6 is 11.9 Å². The molecule has 3 heterocycles. The molecule has 0 aromatic rings. The molecule has 2 unspecified atom stereocenters. The van der Waals surface area contributed by atoms with Gasteiger partial charge in [0.1, 0.15) is 0 Å². The first-order valence-electron chi connectivity index (χ1n) is 3.43. The maximum Gasteiger partial charge on any atom is 0.0245 e. The van der Waals surface area contributed by atoms with Crippen LogP contribution in [-0.2, 0) is 0 Å². The smallest absolute Gasteiger partial charge is 0.0245 e. The molecular formula is C6H12N2S. The molecule has 0 amide bonds. The maximum absolute atomic E-state index is 3.49. The van der Waals surface area contributed by atoms with Gasteiger partial charge in [-0.15, -0.1) is 0 Å². The first-order valence-corrected chi connectivity index (χ1v) is 4.62. The molecule has 3 aliphatic heterocycles. The Balaban J connectivity index is 1.89. The minimum atomic E-state index is 0.816. The molecule has 2 nitrogen and oxygen atoms in total. The lowest BCUT2D eigenvalue weighted by molar-refractivity contribution is 0.144. The van der Waals surface area contributed by atoms with E-state index in [2.05, 4.69) is 15.9 Å². The predicted molar refractivity (Wildman–Crippen MR) is 40.4 cm³/mol. The lowest BCUT2D eigenvalue weighted by atomic mass is 9.93. The number of fused-ring (bicyclic) bond motifs is 2. The van der Waals surface area contributed by atoms with Gasteiger partial charge in [-0.3, -0.25) is 0 Å². The van der Waals surface area contributed by atoms with Crippen molar-refractivity contribution in [2.24, 2.45) is 0 Å². The number of hydrogen-bond acceptors (Lipinski definition) is 3. The van der Waals surface area contributed by atoms with Crippen molar-refractivity contribution in [3.05, 3.63) is 0 Å². The average molecular weight is 144 g/mol. The molecule has 0 aromatic carbocycles. The first kappa shape index (κ1) is 6.01. The fraction of sp³-hybridized carbons (Fsp3) is 1.00. The highest BCUT2D eigenvalue weighted by Gasteiger charge is 2.35. The SMILES string of the molecule is CSN1CC2CC(C1)N2. The molecule has 0 radical (unpaired) electrons. The highest BCUT2D eigenvalue weighted by Crippen LogP contribution is 2.24. The van der Waals surface area contributed by atoms with Crippen LogP contribution in [0.4, 0.5) is 0 Å². The average Bonchev–Trinajstić information content (AvgIpc) is 1.87. The fourth-order valence-electron chi connectivity index (χ4n) is 1.62. The summed E-state index contributed by atoms with van der Waals surface area (Å²) in [6, 6.07) is 1.63. The van der Waals surface area contributed by atoms with Crippen LogP contribution in [0.2, 0.25) is 0 Å². The van der Waals surface area contributed by atoms with Crippen molar-refractivity contribution < 1.29 is 0 Å². The Morgan fingerprint density at radius 3 is 2.33 bits per heavy atom. The van der Waals surface area contributed by atoms with Crippen molar-refractivity contribution in [2.75, 3.05) is 19.3 Å². The molecule has 3 fully saturated rings. The topological polar surface area (TPSA) is 15.3 Å². The van der Waals surface area contributed by atoms with Crippen molar-refractivity contribution >= 4 is 11.9 Å². The van der Waals surface area contributed by atoms with E-state index in [0.717, 1.165) is 12.1 Å². The van der Waals surface area contributed by atoms with Gasteiger partial charge in [-0.2, -0.15) is 0 Å². The molecule has 0 aliphatic carbocycles. The summed E-state index contributed by atoms with van der Waals surface area (Å²) >= 11 is 1.87. The van der Waals surface area contributed by atoms with E-state index in [1.165, 1.54) is 19.5 Å². The van der Waals surface area contributed by atoms with Crippen molar-refractivity contribution in [1.82, 2.24) is 9.62 Å². The zero-order valence-electron chi connectivity index (χ0n) is 5.63. The predicted octanol–water partition coefficient (Wildman–Crippen LogP) is 0.311. The molecule has 3 rings (SSSR count). The minimum Gasteiger partial charge on any atom is -0.308 e. The molecule has 2 bridgehead atoms. The van der Waals surface area contributed by atoms with Crippen molar-refractivity contribution in [2.45, 2.75) is 18.5 Å². The van der Waals surface area contributed by atoms with Gasteiger partial charge >= 0.3 is 0 Å². The number of nitrogens with one attached hydrogen (secondary N) is 1. The normalized spacial score (nSPS) is 42.3. The molecule has 0 aromatic heterocycles. The summed E-state index contributed by atoms with van der Waals surface area (Å²) in [5, 5.41) is 3.49. The van der Waals surface area contributed by atoms with Gasteiger partial charge in [-0.25, -0.2) is 4.31 Å². The van der Waals surface area contributed by atoms with E-state index < -0.39 is 0 Å². The van der Waals surface area contributed by atoms with Gasteiger partial charge in [0.05, 0.1) is 0 Å². The van der Waals surface area contributed by atoms with Crippen LogP contribution < -0.4 is 5.32 Å². The Labute approximate surface area is 60.1 Å². The van der Waals surface area contributed by atoms with Crippen LogP contribution in [0.5, 0.6) is 0 Å². The van der Waals surface area contributed by atoms with Gasteiger partial charge < -0.3 is 5.32 Å². The molecule has 3 aliphatic rings. The van der Waals surface area contributed by atoms with Gasteiger partial charge in [0, 0.05) is 25.2 Å².